The molecule has 22 heavy (non-hydrogen) atoms. The lowest BCUT2D eigenvalue weighted by atomic mass is 9.88. The summed E-state index contributed by atoms with van der Waals surface area (Å²) in [5.41, 5.74) is 7.30. The molecule has 1 aliphatic rings. The maximum Gasteiger partial charge on any atom is 0.232 e. The van der Waals surface area contributed by atoms with Crippen molar-refractivity contribution in [2.24, 2.45) is 11.7 Å². The lowest BCUT2D eigenvalue weighted by molar-refractivity contribution is 0.350. The van der Waals surface area contributed by atoms with Crippen LogP contribution in [0.4, 0.5) is 5.69 Å². The molecule has 124 valence electrons. The van der Waals surface area contributed by atoms with Gasteiger partial charge in [-0.05, 0) is 49.4 Å². The quantitative estimate of drug-likeness (QED) is 0.770. The third-order valence-electron chi connectivity index (χ3n) is 4.39. The average Bonchev–Trinajstić information content (AvgIpc) is 2.52. The molecule has 0 saturated heterocycles. The zero-order valence-corrected chi connectivity index (χ0v) is 14.1. The second kappa shape index (κ2) is 8.53. The summed E-state index contributed by atoms with van der Waals surface area (Å²) in [5, 5.41) is 0. The number of benzene rings is 1. The van der Waals surface area contributed by atoms with Gasteiger partial charge in [0.1, 0.15) is 0 Å². The summed E-state index contributed by atoms with van der Waals surface area (Å²) < 4.78 is 27.2. The van der Waals surface area contributed by atoms with Crippen LogP contribution in [0.1, 0.15) is 50.5 Å². The predicted molar refractivity (Wildman–Crippen MR) is 92.4 cm³/mol. The van der Waals surface area contributed by atoms with Crippen molar-refractivity contribution in [3.8, 4) is 0 Å². The minimum Gasteiger partial charge on any atom is -0.330 e. The fraction of sp³-hybridized carbons (Fsp3) is 0.647. The maximum absolute atomic E-state index is 12.2. The predicted octanol–water partition coefficient (Wildman–Crippen LogP) is 3.29. The molecule has 0 unspecified atom stereocenters. The van der Waals surface area contributed by atoms with Crippen LogP contribution in [0.5, 0.6) is 0 Å². The summed E-state index contributed by atoms with van der Waals surface area (Å²) >= 11 is 0. The molecule has 0 spiro atoms. The largest absolute Gasteiger partial charge is 0.330 e. The molecule has 1 aromatic rings. The van der Waals surface area contributed by atoms with Gasteiger partial charge in [0.05, 0.1) is 5.75 Å². The number of rotatable bonds is 8. The first-order valence-corrected chi connectivity index (χ1v) is 10.0. The van der Waals surface area contributed by atoms with Crippen LogP contribution in [0.2, 0.25) is 0 Å². The van der Waals surface area contributed by atoms with Gasteiger partial charge >= 0.3 is 0 Å². The number of nitrogens with two attached hydrogens (primary N) is 1. The molecule has 0 bridgehead atoms. The molecule has 0 radical (unpaired) electrons. The highest BCUT2D eigenvalue weighted by Gasteiger charge is 2.18. The minimum absolute atomic E-state index is 0.227. The first kappa shape index (κ1) is 17.3. The van der Waals surface area contributed by atoms with Crippen LogP contribution in [0.15, 0.2) is 24.3 Å². The van der Waals surface area contributed by atoms with E-state index in [-0.39, 0.29) is 5.75 Å². The highest BCUT2D eigenvalue weighted by atomic mass is 32.2. The molecular formula is C17H28N2O2S. The van der Waals surface area contributed by atoms with Gasteiger partial charge in [-0.2, -0.15) is 0 Å². The standard InChI is InChI=1S/C17H28N2O2S/c18-12-5-9-16-8-4-10-17(14-16)19-22(20,21)13-11-15-6-2-1-3-7-15/h4,8,10,14-15,19H,1-3,5-7,9,11-13,18H2. The summed E-state index contributed by atoms with van der Waals surface area (Å²) in [6.45, 7) is 0.650. The highest BCUT2D eigenvalue weighted by Crippen LogP contribution is 2.26. The Morgan fingerprint density at radius 1 is 1.18 bits per heavy atom. The smallest absolute Gasteiger partial charge is 0.232 e. The van der Waals surface area contributed by atoms with E-state index in [1.807, 2.05) is 24.3 Å². The molecule has 3 N–H and O–H groups in total. The summed E-state index contributed by atoms with van der Waals surface area (Å²) in [6.07, 6.45) is 8.75. The molecule has 1 fully saturated rings. The van der Waals surface area contributed by atoms with Crippen LogP contribution in [-0.2, 0) is 16.4 Å². The van der Waals surface area contributed by atoms with Crippen LogP contribution >= 0.6 is 0 Å². The Morgan fingerprint density at radius 2 is 1.95 bits per heavy atom. The van der Waals surface area contributed by atoms with Crippen molar-refractivity contribution in [2.45, 2.75) is 51.4 Å². The molecule has 1 aromatic carbocycles. The van der Waals surface area contributed by atoms with E-state index in [0.29, 0.717) is 18.2 Å². The first-order valence-electron chi connectivity index (χ1n) is 8.38. The summed E-state index contributed by atoms with van der Waals surface area (Å²) in [6, 6.07) is 7.62. The van der Waals surface area contributed by atoms with Crippen molar-refractivity contribution in [3.63, 3.8) is 0 Å². The molecule has 5 heteroatoms. The van der Waals surface area contributed by atoms with Crippen LogP contribution in [0, 0.1) is 5.92 Å². The monoisotopic (exact) mass is 324 g/mol. The van der Waals surface area contributed by atoms with Gasteiger partial charge in [0, 0.05) is 5.69 Å². The van der Waals surface area contributed by atoms with Crippen molar-refractivity contribution >= 4 is 15.7 Å². The minimum atomic E-state index is -3.25. The van der Waals surface area contributed by atoms with Crippen LogP contribution in [0.25, 0.3) is 0 Å². The molecule has 0 atom stereocenters. The molecule has 1 aliphatic carbocycles. The Labute approximate surface area is 134 Å². The fourth-order valence-corrected chi connectivity index (χ4v) is 4.36. The van der Waals surface area contributed by atoms with E-state index in [1.165, 1.54) is 32.1 Å². The number of anilines is 1. The number of aryl methyl sites for hydroxylation is 1. The molecule has 0 aliphatic heterocycles. The van der Waals surface area contributed by atoms with E-state index < -0.39 is 10.0 Å². The van der Waals surface area contributed by atoms with Crippen molar-refractivity contribution in [2.75, 3.05) is 17.0 Å². The maximum atomic E-state index is 12.2. The van der Waals surface area contributed by atoms with Crippen LogP contribution < -0.4 is 10.5 Å². The Balaban J connectivity index is 1.87. The summed E-state index contributed by atoms with van der Waals surface area (Å²) in [4.78, 5) is 0. The SMILES string of the molecule is NCCCc1cccc(NS(=O)(=O)CCC2CCCCC2)c1. The fourth-order valence-electron chi connectivity index (χ4n) is 3.12. The third-order valence-corrected chi connectivity index (χ3v) is 5.71. The van der Waals surface area contributed by atoms with Gasteiger partial charge in [-0.1, -0.05) is 44.2 Å². The average molecular weight is 324 g/mol. The van der Waals surface area contributed by atoms with Crippen molar-refractivity contribution in [1.82, 2.24) is 0 Å². The lowest BCUT2D eigenvalue weighted by Gasteiger charge is -2.21. The Morgan fingerprint density at radius 3 is 2.68 bits per heavy atom. The number of hydrogen-bond donors (Lipinski definition) is 2. The number of nitrogens with one attached hydrogen (secondary N) is 1. The van der Waals surface area contributed by atoms with Crippen LogP contribution in [0.3, 0.4) is 0 Å². The second-order valence-corrected chi connectivity index (χ2v) is 8.15. The zero-order valence-electron chi connectivity index (χ0n) is 13.3. The van der Waals surface area contributed by atoms with Crippen molar-refractivity contribution < 1.29 is 8.42 Å². The molecule has 0 aromatic heterocycles. The Hall–Kier alpha value is -1.07. The second-order valence-electron chi connectivity index (χ2n) is 6.31. The molecule has 0 amide bonds. The van der Waals surface area contributed by atoms with Gasteiger partial charge in [0.15, 0.2) is 0 Å². The molecule has 2 rings (SSSR count). The number of hydrogen-bond acceptors (Lipinski definition) is 3. The zero-order chi connectivity index (χ0) is 15.8. The van der Waals surface area contributed by atoms with Gasteiger partial charge in [-0.25, -0.2) is 8.42 Å². The molecule has 4 nitrogen and oxygen atoms in total. The summed E-state index contributed by atoms with van der Waals surface area (Å²) in [5.74, 6) is 0.811. The van der Waals surface area contributed by atoms with Crippen molar-refractivity contribution in [3.05, 3.63) is 29.8 Å². The summed E-state index contributed by atoms with van der Waals surface area (Å²) in [7, 11) is -3.25. The van der Waals surface area contributed by atoms with Gasteiger partial charge < -0.3 is 5.73 Å². The van der Waals surface area contributed by atoms with Gasteiger partial charge in [0.25, 0.3) is 0 Å². The molecule has 0 heterocycles. The molecule has 1 saturated carbocycles. The van der Waals surface area contributed by atoms with E-state index in [2.05, 4.69) is 4.72 Å². The van der Waals surface area contributed by atoms with E-state index in [0.717, 1.165) is 24.8 Å². The van der Waals surface area contributed by atoms with Gasteiger partial charge in [-0.15, -0.1) is 0 Å². The Bertz CT molecular complexity index is 552. The number of sulfonamides is 1. The third kappa shape index (κ3) is 5.97. The van der Waals surface area contributed by atoms with E-state index in [1.54, 1.807) is 0 Å². The highest BCUT2D eigenvalue weighted by molar-refractivity contribution is 7.92. The van der Waals surface area contributed by atoms with E-state index in [4.69, 9.17) is 5.73 Å². The van der Waals surface area contributed by atoms with E-state index >= 15 is 0 Å². The van der Waals surface area contributed by atoms with Gasteiger partial charge in [-0.3, -0.25) is 4.72 Å². The lowest BCUT2D eigenvalue weighted by Crippen LogP contribution is -2.20. The normalized spacial score (nSPS) is 16.6. The first-order chi connectivity index (χ1) is 10.6. The van der Waals surface area contributed by atoms with Crippen LogP contribution in [-0.4, -0.2) is 20.7 Å². The van der Waals surface area contributed by atoms with Gasteiger partial charge in [0.2, 0.25) is 10.0 Å². The van der Waals surface area contributed by atoms with E-state index in [9.17, 15) is 8.42 Å². The van der Waals surface area contributed by atoms with Crippen molar-refractivity contribution in [1.29, 1.82) is 0 Å². The molecular weight excluding hydrogens is 296 g/mol. The Kier molecular flexibility index (Phi) is 6.70. The topological polar surface area (TPSA) is 72.2 Å².